The van der Waals surface area contributed by atoms with E-state index < -0.39 is 5.97 Å². The van der Waals surface area contributed by atoms with Gasteiger partial charge < -0.3 is 9.84 Å². The van der Waals surface area contributed by atoms with Crippen LogP contribution < -0.4 is 4.74 Å². The van der Waals surface area contributed by atoms with Gasteiger partial charge in [-0.05, 0) is 31.0 Å². The highest BCUT2D eigenvalue weighted by Crippen LogP contribution is 2.21. The second kappa shape index (κ2) is 7.16. The third-order valence-corrected chi connectivity index (χ3v) is 2.87. The topological polar surface area (TPSA) is 63.6 Å². The molecule has 0 radical (unpaired) electrons. The van der Waals surface area contributed by atoms with E-state index in [1.165, 1.54) is 6.92 Å². The van der Waals surface area contributed by atoms with Gasteiger partial charge in [-0.25, -0.2) is 0 Å². The van der Waals surface area contributed by atoms with E-state index in [4.69, 9.17) is 9.84 Å². The van der Waals surface area contributed by atoms with Gasteiger partial charge in [0.2, 0.25) is 0 Å². The van der Waals surface area contributed by atoms with Gasteiger partial charge in [-0.2, -0.15) is 0 Å². The highest BCUT2D eigenvalue weighted by molar-refractivity contribution is 9.09. The molecule has 0 saturated heterocycles. The van der Waals surface area contributed by atoms with Gasteiger partial charge in [0.1, 0.15) is 5.75 Å². The molecule has 18 heavy (non-hydrogen) atoms. The number of ketones is 1. The number of Topliss-reactive ketones (excluding diaryl/α,β-unsaturated/α-hetero) is 1. The first-order chi connectivity index (χ1) is 8.54. The van der Waals surface area contributed by atoms with Gasteiger partial charge in [0, 0.05) is 5.33 Å². The van der Waals surface area contributed by atoms with E-state index >= 15 is 0 Å². The number of aliphatic carboxylic acids is 1. The Hall–Kier alpha value is -1.36. The summed E-state index contributed by atoms with van der Waals surface area (Å²) in [5.41, 5.74) is 1.03. The molecule has 0 saturated carbocycles. The predicted molar refractivity (Wildman–Crippen MR) is 71.7 cm³/mol. The van der Waals surface area contributed by atoms with Crippen molar-refractivity contribution >= 4 is 27.7 Å². The molecule has 98 valence electrons. The number of carboxylic acid groups (broad SMARTS) is 1. The van der Waals surface area contributed by atoms with E-state index in [2.05, 4.69) is 15.9 Å². The standard InChI is InChI=1S/C13H15BrO4/c1-9(15)11-7-10(8-13(16)17)3-4-12(11)18-6-2-5-14/h3-4,7H,2,5-6,8H2,1H3,(H,16,17). The molecule has 0 spiro atoms. The molecule has 0 unspecified atom stereocenters. The fourth-order valence-corrected chi connectivity index (χ4v) is 1.73. The van der Waals surface area contributed by atoms with E-state index in [1.807, 2.05) is 0 Å². The van der Waals surface area contributed by atoms with Crippen molar-refractivity contribution in [1.82, 2.24) is 0 Å². The number of benzene rings is 1. The summed E-state index contributed by atoms with van der Waals surface area (Å²) in [5.74, 6) is -0.536. The van der Waals surface area contributed by atoms with Crippen LogP contribution in [0.25, 0.3) is 0 Å². The van der Waals surface area contributed by atoms with E-state index in [1.54, 1.807) is 18.2 Å². The number of ether oxygens (including phenoxy) is 1. The number of carbonyl (C=O) groups is 2. The number of hydrogen-bond donors (Lipinski definition) is 1. The van der Waals surface area contributed by atoms with Crippen molar-refractivity contribution < 1.29 is 19.4 Å². The predicted octanol–water partition coefficient (Wildman–Crippen LogP) is 2.68. The van der Waals surface area contributed by atoms with Gasteiger partial charge in [0.15, 0.2) is 5.78 Å². The molecule has 0 amide bonds. The first-order valence-electron chi connectivity index (χ1n) is 5.59. The largest absolute Gasteiger partial charge is 0.493 e. The molecule has 0 bridgehead atoms. The molecule has 1 aromatic carbocycles. The maximum absolute atomic E-state index is 11.5. The maximum atomic E-state index is 11.5. The fraction of sp³-hybridized carbons (Fsp3) is 0.385. The molecule has 0 heterocycles. The Bertz CT molecular complexity index is 443. The Labute approximate surface area is 114 Å². The summed E-state index contributed by atoms with van der Waals surface area (Å²) in [6, 6.07) is 4.91. The molecule has 0 aliphatic heterocycles. The minimum Gasteiger partial charge on any atom is -0.493 e. The molecular weight excluding hydrogens is 300 g/mol. The lowest BCUT2D eigenvalue weighted by atomic mass is 10.0. The molecule has 1 aromatic rings. The summed E-state index contributed by atoms with van der Waals surface area (Å²) in [5, 5.41) is 9.55. The zero-order chi connectivity index (χ0) is 13.5. The zero-order valence-electron chi connectivity index (χ0n) is 10.1. The van der Waals surface area contributed by atoms with Gasteiger partial charge in [0.05, 0.1) is 18.6 Å². The highest BCUT2D eigenvalue weighted by Gasteiger charge is 2.11. The van der Waals surface area contributed by atoms with Crippen LogP contribution in [0, 0.1) is 0 Å². The normalized spacial score (nSPS) is 10.1. The fourth-order valence-electron chi connectivity index (χ4n) is 1.50. The zero-order valence-corrected chi connectivity index (χ0v) is 11.7. The molecule has 0 aromatic heterocycles. The van der Waals surface area contributed by atoms with Gasteiger partial charge >= 0.3 is 5.97 Å². The molecule has 0 aliphatic rings. The maximum Gasteiger partial charge on any atom is 0.307 e. The number of carboxylic acids is 1. The van der Waals surface area contributed by atoms with Crippen LogP contribution in [0.1, 0.15) is 29.3 Å². The summed E-state index contributed by atoms with van der Waals surface area (Å²) in [7, 11) is 0. The Balaban J connectivity index is 2.90. The number of hydrogen-bond acceptors (Lipinski definition) is 3. The average Bonchev–Trinajstić information content (AvgIpc) is 2.30. The Morgan fingerprint density at radius 1 is 1.39 bits per heavy atom. The van der Waals surface area contributed by atoms with Crippen LogP contribution in [-0.2, 0) is 11.2 Å². The molecule has 0 aliphatic carbocycles. The second-order valence-corrected chi connectivity index (χ2v) is 4.64. The molecule has 1 rings (SSSR count). The Morgan fingerprint density at radius 3 is 2.67 bits per heavy atom. The molecule has 1 N–H and O–H groups in total. The van der Waals surface area contributed by atoms with Crippen molar-refractivity contribution in [3.05, 3.63) is 29.3 Å². The molecule has 5 heteroatoms. The van der Waals surface area contributed by atoms with Crippen LogP contribution in [0.3, 0.4) is 0 Å². The smallest absolute Gasteiger partial charge is 0.307 e. The van der Waals surface area contributed by atoms with Crippen molar-refractivity contribution in [2.45, 2.75) is 19.8 Å². The van der Waals surface area contributed by atoms with Crippen LogP contribution in [0.5, 0.6) is 5.75 Å². The molecule has 0 atom stereocenters. The minimum atomic E-state index is -0.919. The number of carbonyl (C=O) groups excluding carboxylic acids is 1. The number of alkyl halides is 1. The van der Waals surface area contributed by atoms with E-state index in [0.29, 0.717) is 23.5 Å². The molecule has 4 nitrogen and oxygen atoms in total. The third-order valence-electron chi connectivity index (χ3n) is 2.31. The van der Waals surface area contributed by atoms with Crippen LogP contribution >= 0.6 is 15.9 Å². The van der Waals surface area contributed by atoms with Gasteiger partial charge in [-0.1, -0.05) is 22.0 Å². The first-order valence-corrected chi connectivity index (χ1v) is 6.71. The van der Waals surface area contributed by atoms with Crippen LogP contribution in [0.15, 0.2) is 18.2 Å². The highest BCUT2D eigenvalue weighted by atomic mass is 79.9. The third kappa shape index (κ3) is 4.49. The SMILES string of the molecule is CC(=O)c1cc(CC(=O)O)ccc1OCCCBr. The summed E-state index contributed by atoms with van der Waals surface area (Å²) >= 11 is 3.30. The van der Waals surface area contributed by atoms with Crippen molar-refractivity contribution in [1.29, 1.82) is 0 Å². The van der Waals surface area contributed by atoms with Crippen molar-refractivity contribution in [2.75, 3.05) is 11.9 Å². The lowest BCUT2D eigenvalue weighted by Crippen LogP contribution is -2.06. The number of halogens is 1. The summed E-state index contributed by atoms with van der Waals surface area (Å²) in [4.78, 5) is 22.1. The Morgan fingerprint density at radius 2 is 2.11 bits per heavy atom. The van der Waals surface area contributed by atoms with E-state index in [9.17, 15) is 9.59 Å². The Kier molecular flexibility index (Phi) is 5.85. The van der Waals surface area contributed by atoms with Crippen LogP contribution in [-0.4, -0.2) is 28.8 Å². The summed E-state index contributed by atoms with van der Waals surface area (Å²) < 4.78 is 5.50. The van der Waals surface area contributed by atoms with Gasteiger partial charge in [-0.3, -0.25) is 9.59 Å². The molecular formula is C13H15BrO4. The van der Waals surface area contributed by atoms with E-state index in [0.717, 1.165) is 11.8 Å². The van der Waals surface area contributed by atoms with Crippen molar-refractivity contribution in [2.24, 2.45) is 0 Å². The minimum absolute atomic E-state index is 0.0953. The van der Waals surface area contributed by atoms with Crippen molar-refractivity contribution in [3.63, 3.8) is 0 Å². The first kappa shape index (κ1) is 14.7. The summed E-state index contributed by atoms with van der Waals surface area (Å²) in [6.45, 7) is 1.96. The van der Waals surface area contributed by atoms with E-state index in [-0.39, 0.29) is 12.2 Å². The number of rotatable bonds is 7. The van der Waals surface area contributed by atoms with Crippen molar-refractivity contribution in [3.8, 4) is 5.75 Å². The summed E-state index contributed by atoms with van der Waals surface area (Å²) in [6.07, 6.45) is 0.746. The molecule has 0 fully saturated rings. The van der Waals surface area contributed by atoms with Gasteiger partial charge in [0.25, 0.3) is 0 Å². The van der Waals surface area contributed by atoms with Crippen LogP contribution in [0.4, 0.5) is 0 Å². The quantitative estimate of drug-likeness (QED) is 0.477. The van der Waals surface area contributed by atoms with Crippen LogP contribution in [0.2, 0.25) is 0 Å². The lowest BCUT2D eigenvalue weighted by Gasteiger charge is -2.10. The van der Waals surface area contributed by atoms with Gasteiger partial charge in [-0.15, -0.1) is 0 Å². The second-order valence-electron chi connectivity index (χ2n) is 3.85. The average molecular weight is 315 g/mol. The monoisotopic (exact) mass is 314 g/mol. The lowest BCUT2D eigenvalue weighted by molar-refractivity contribution is -0.136.